The van der Waals surface area contributed by atoms with Gasteiger partial charge in [0.25, 0.3) is 0 Å². The van der Waals surface area contributed by atoms with Crippen LogP contribution in [-0.4, -0.2) is 17.6 Å². The van der Waals surface area contributed by atoms with Gasteiger partial charge in [0.2, 0.25) is 5.78 Å². The Morgan fingerprint density at radius 1 is 1.33 bits per heavy atom. The summed E-state index contributed by atoms with van der Waals surface area (Å²) < 4.78 is 6.64. The molecule has 1 aromatic carbocycles. The first-order valence-electron chi connectivity index (χ1n) is 5.41. The maximum absolute atomic E-state index is 12.3. The number of carbonyl (C=O) groups excluding carboxylic acids is 1. The van der Waals surface area contributed by atoms with Crippen LogP contribution in [0.1, 0.15) is 9.67 Å². The number of benzene rings is 1. The Kier molecular flexibility index (Phi) is 3.46. The summed E-state index contributed by atoms with van der Waals surface area (Å²) in [6.45, 7) is 0. The van der Waals surface area contributed by atoms with Gasteiger partial charge in [-0.1, -0.05) is 12.1 Å². The molecule has 0 saturated carbocycles. The molecule has 2 aromatic rings. The average Bonchev–Trinajstić information content (AvgIpc) is 2.83. The zero-order valence-electron chi connectivity index (χ0n) is 9.26. The number of hydrogen-bond acceptors (Lipinski definition) is 4. The van der Waals surface area contributed by atoms with Crippen LogP contribution in [0.2, 0.25) is 0 Å². The minimum absolute atomic E-state index is 0.0545. The maximum Gasteiger partial charge on any atom is 0.215 e. The molecule has 0 bridgehead atoms. The lowest BCUT2D eigenvalue weighted by molar-refractivity contribution is 0.0819. The minimum Gasteiger partial charge on any atom is -0.480 e. The highest BCUT2D eigenvalue weighted by Gasteiger charge is 2.29. The number of thioether (sulfide) groups is 1. The Bertz CT molecular complexity index is 594. The molecule has 2 heterocycles. The van der Waals surface area contributed by atoms with Gasteiger partial charge in [-0.25, -0.2) is 0 Å². The smallest absolute Gasteiger partial charge is 0.215 e. The molecule has 0 amide bonds. The summed E-state index contributed by atoms with van der Waals surface area (Å²) in [6.07, 6.45) is -0.389. The summed E-state index contributed by atoms with van der Waals surface area (Å²) in [4.78, 5) is 14.2. The van der Waals surface area contributed by atoms with E-state index in [1.165, 1.54) is 11.3 Å². The fraction of sp³-hybridized carbons (Fsp3) is 0.154. The van der Waals surface area contributed by atoms with Gasteiger partial charge in [-0.15, -0.1) is 23.1 Å². The second kappa shape index (κ2) is 5.07. The van der Waals surface area contributed by atoms with Gasteiger partial charge in [0.1, 0.15) is 5.75 Å². The summed E-state index contributed by atoms with van der Waals surface area (Å²) in [5.74, 6) is 1.53. The van der Waals surface area contributed by atoms with E-state index in [-0.39, 0.29) is 11.9 Å². The molecule has 0 fully saturated rings. The second-order valence-corrected chi connectivity index (χ2v) is 6.66. The van der Waals surface area contributed by atoms with E-state index < -0.39 is 0 Å². The van der Waals surface area contributed by atoms with Crippen molar-refractivity contribution in [2.24, 2.45) is 0 Å². The number of rotatable bonds is 2. The normalized spacial score (nSPS) is 17.9. The van der Waals surface area contributed by atoms with Gasteiger partial charge in [-0.05, 0) is 39.5 Å². The van der Waals surface area contributed by atoms with Crippen LogP contribution in [0.15, 0.2) is 45.1 Å². The van der Waals surface area contributed by atoms with Crippen LogP contribution < -0.4 is 4.74 Å². The predicted octanol–water partition coefficient (Wildman–Crippen LogP) is 4.25. The van der Waals surface area contributed by atoms with E-state index in [1.807, 2.05) is 35.7 Å². The first kappa shape index (κ1) is 12.3. The van der Waals surface area contributed by atoms with Gasteiger partial charge >= 0.3 is 0 Å². The molecule has 0 radical (unpaired) electrons. The number of Topliss-reactive ketones (excluding diaryl/α,β-unsaturated/α-hetero) is 1. The van der Waals surface area contributed by atoms with Crippen LogP contribution in [0.4, 0.5) is 0 Å². The molecule has 0 N–H and O–H groups in total. The summed E-state index contributed by atoms with van der Waals surface area (Å²) in [5.41, 5.74) is 0. The molecule has 1 aliphatic rings. The third-order valence-electron chi connectivity index (χ3n) is 2.64. The zero-order valence-corrected chi connectivity index (χ0v) is 12.5. The van der Waals surface area contributed by atoms with Crippen molar-refractivity contribution in [2.45, 2.75) is 11.0 Å². The van der Waals surface area contributed by atoms with E-state index in [2.05, 4.69) is 15.9 Å². The topological polar surface area (TPSA) is 26.3 Å². The first-order valence-corrected chi connectivity index (χ1v) is 8.07. The Hall–Kier alpha value is -0.780. The van der Waals surface area contributed by atoms with Gasteiger partial charge in [-0.3, -0.25) is 4.79 Å². The lowest BCUT2D eigenvalue weighted by atomic mass is 10.2. The van der Waals surface area contributed by atoms with E-state index in [4.69, 9.17) is 4.74 Å². The number of hydrogen-bond donors (Lipinski definition) is 0. The Labute approximate surface area is 121 Å². The van der Waals surface area contributed by atoms with Crippen LogP contribution in [0.3, 0.4) is 0 Å². The fourth-order valence-corrected chi connectivity index (χ4v) is 4.30. The van der Waals surface area contributed by atoms with Gasteiger partial charge in [0.15, 0.2) is 6.10 Å². The number of para-hydroxylation sites is 1. The fourth-order valence-electron chi connectivity index (χ4n) is 1.76. The molecule has 1 unspecified atom stereocenters. The lowest BCUT2D eigenvalue weighted by Crippen LogP contribution is -2.32. The SMILES string of the molecule is O=C(c1sccc1Br)C1CSc2ccccc2O1. The number of ketones is 1. The van der Waals surface area contributed by atoms with Crippen LogP contribution in [0, 0.1) is 0 Å². The highest BCUT2D eigenvalue weighted by molar-refractivity contribution is 9.10. The Morgan fingerprint density at radius 2 is 2.17 bits per heavy atom. The molecule has 0 spiro atoms. The first-order chi connectivity index (χ1) is 8.75. The largest absolute Gasteiger partial charge is 0.480 e. The van der Waals surface area contributed by atoms with Crippen molar-refractivity contribution in [1.82, 2.24) is 0 Å². The van der Waals surface area contributed by atoms with Crippen molar-refractivity contribution >= 4 is 44.8 Å². The number of halogens is 1. The summed E-state index contributed by atoms with van der Waals surface area (Å²) in [5, 5.41) is 1.90. The van der Waals surface area contributed by atoms with Crippen molar-refractivity contribution in [3.63, 3.8) is 0 Å². The van der Waals surface area contributed by atoms with Crippen molar-refractivity contribution in [3.05, 3.63) is 45.1 Å². The summed E-state index contributed by atoms with van der Waals surface area (Å²) in [7, 11) is 0. The predicted molar refractivity (Wildman–Crippen MR) is 77.9 cm³/mol. The lowest BCUT2D eigenvalue weighted by Gasteiger charge is -2.24. The van der Waals surface area contributed by atoms with E-state index in [0.29, 0.717) is 5.75 Å². The van der Waals surface area contributed by atoms with E-state index in [1.54, 1.807) is 11.8 Å². The monoisotopic (exact) mass is 340 g/mol. The molecule has 1 atom stereocenters. The van der Waals surface area contributed by atoms with Crippen LogP contribution in [0.5, 0.6) is 5.75 Å². The van der Waals surface area contributed by atoms with Crippen molar-refractivity contribution < 1.29 is 9.53 Å². The van der Waals surface area contributed by atoms with Crippen LogP contribution in [0.25, 0.3) is 0 Å². The van der Waals surface area contributed by atoms with Crippen molar-refractivity contribution in [1.29, 1.82) is 0 Å². The standard InChI is InChI=1S/C13H9BrO2S2/c14-8-5-6-17-13(8)12(15)10-7-18-11-4-2-1-3-9(11)16-10/h1-6,10H,7H2. The molecule has 1 aromatic heterocycles. The molecule has 1 aliphatic heterocycles. The van der Waals surface area contributed by atoms with Crippen LogP contribution >= 0.6 is 39.0 Å². The highest BCUT2D eigenvalue weighted by atomic mass is 79.9. The summed E-state index contributed by atoms with van der Waals surface area (Å²) in [6, 6.07) is 9.72. The van der Waals surface area contributed by atoms with Gasteiger partial charge in [0, 0.05) is 15.1 Å². The van der Waals surface area contributed by atoms with E-state index in [9.17, 15) is 4.79 Å². The molecular weight excluding hydrogens is 332 g/mol. The van der Waals surface area contributed by atoms with Gasteiger partial charge in [-0.2, -0.15) is 0 Å². The number of fused-ring (bicyclic) bond motifs is 1. The van der Waals surface area contributed by atoms with E-state index in [0.717, 1.165) is 20.0 Å². The third-order valence-corrected chi connectivity index (χ3v) is 5.61. The van der Waals surface area contributed by atoms with Crippen molar-refractivity contribution in [3.8, 4) is 5.75 Å². The van der Waals surface area contributed by atoms with Crippen molar-refractivity contribution in [2.75, 3.05) is 5.75 Å². The average molecular weight is 341 g/mol. The van der Waals surface area contributed by atoms with Crippen LogP contribution in [-0.2, 0) is 0 Å². The quantitative estimate of drug-likeness (QED) is 0.764. The second-order valence-electron chi connectivity index (χ2n) is 3.83. The molecule has 2 nitrogen and oxygen atoms in total. The molecule has 18 heavy (non-hydrogen) atoms. The number of ether oxygens (including phenoxy) is 1. The van der Waals surface area contributed by atoms with E-state index >= 15 is 0 Å². The molecule has 0 aliphatic carbocycles. The number of carbonyl (C=O) groups is 1. The molecule has 3 rings (SSSR count). The summed E-state index contributed by atoms with van der Waals surface area (Å²) >= 11 is 6.51. The van der Waals surface area contributed by atoms with Gasteiger partial charge in [0.05, 0.1) is 4.88 Å². The zero-order chi connectivity index (χ0) is 12.5. The maximum atomic E-state index is 12.3. The third kappa shape index (κ3) is 2.22. The Morgan fingerprint density at radius 3 is 2.94 bits per heavy atom. The molecule has 92 valence electrons. The molecular formula is C13H9BrO2S2. The number of thiophene rings is 1. The minimum atomic E-state index is -0.389. The van der Waals surface area contributed by atoms with Gasteiger partial charge < -0.3 is 4.74 Å². The molecule has 5 heteroatoms. The Balaban J connectivity index is 1.84. The highest BCUT2D eigenvalue weighted by Crippen LogP contribution is 2.36. The molecule has 0 saturated heterocycles.